The molecule has 0 aromatic heterocycles. The molecule has 0 spiro atoms. The lowest BCUT2D eigenvalue weighted by atomic mass is 9.94. The number of carbonyl (C=O) groups excluding carboxylic acids is 1. The summed E-state index contributed by atoms with van der Waals surface area (Å²) in [4.78, 5) is 14.8. The number of likely N-dealkylation sites (tertiary alicyclic amines) is 1. The zero-order valence-electron chi connectivity index (χ0n) is 17.4. The molecule has 8 heteroatoms. The van der Waals surface area contributed by atoms with Crippen molar-refractivity contribution >= 4 is 15.7 Å². The molecule has 0 unspecified atom stereocenters. The summed E-state index contributed by atoms with van der Waals surface area (Å²) in [5.74, 6) is 4.90. The SMILES string of the molecule is CC#CCOc1cccc(S(=O)(=O)C2(C(=O)NO)CCN(Cc3ccccc3)CC2)c1. The smallest absolute Gasteiger partial charge is 0.265 e. The molecule has 0 bridgehead atoms. The normalized spacial score (nSPS) is 16.1. The number of hydrogen-bond acceptors (Lipinski definition) is 6. The molecule has 2 N–H and O–H groups in total. The van der Waals surface area contributed by atoms with Gasteiger partial charge < -0.3 is 4.74 Å². The summed E-state index contributed by atoms with van der Waals surface area (Å²) < 4.78 is 30.9. The second-order valence-electron chi connectivity index (χ2n) is 7.39. The molecule has 0 atom stereocenters. The molecular weight excluding hydrogens is 416 g/mol. The monoisotopic (exact) mass is 442 g/mol. The maximum Gasteiger partial charge on any atom is 0.265 e. The molecule has 0 saturated carbocycles. The van der Waals surface area contributed by atoms with Crippen molar-refractivity contribution < 1.29 is 23.2 Å². The Labute approximate surface area is 182 Å². The van der Waals surface area contributed by atoms with Crippen LogP contribution in [0.3, 0.4) is 0 Å². The highest BCUT2D eigenvalue weighted by Crippen LogP contribution is 2.37. The van der Waals surface area contributed by atoms with Crippen molar-refractivity contribution in [3.05, 3.63) is 60.2 Å². The van der Waals surface area contributed by atoms with Gasteiger partial charge in [0.05, 0.1) is 4.90 Å². The third-order valence-electron chi connectivity index (χ3n) is 5.55. The highest BCUT2D eigenvalue weighted by Gasteiger charge is 2.53. The number of rotatable bonds is 7. The molecule has 1 saturated heterocycles. The van der Waals surface area contributed by atoms with Crippen LogP contribution in [0.4, 0.5) is 0 Å². The van der Waals surface area contributed by atoms with E-state index in [1.54, 1.807) is 24.5 Å². The van der Waals surface area contributed by atoms with E-state index >= 15 is 0 Å². The Morgan fingerprint density at radius 2 is 1.87 bits per heavy atom. The summed E-state index contributed by atoms with van der Waals surface area (Å²) >= 11 is 0. The lowest BCUT2D eigenvalue weighted by Gasteiger charge is -2.39. The van der Waals surface area contributed by atoms with E-state index in [0.29, 0.717) is 25.4 Å². The Kier molecular flexibility index (Phi) is 7.33. The zero-order valence-corrected chi connectivity index (χ0v) is 18.2. The number of nitrogens with zero attached hydrogens (tertiary/aromatic N) is 1. The van der Waals surface area contributed by atoms with Gasteiger partial charge in [-0.05, 0) is 43.5 Å². The number of ether oxygens (including phenoxy) is 1. The summed E-state index contributed by atoms with van der Waals surface area (Å²) in [6.45, 7) is 3.30. The zero-order chi connectivity index (χ0) is 22.3. The van der Waals surface area contributed by atoms with E-state index in [9.17, 15) is 18.4 Å². The molecule has 1 aliphatic heterocycles. The molecule has 0 radical (unpaired) electrons. The quantitative estimate of drug-likeness (QED) is 0.388. The van der Waals surface area contributed by atoms with E-state index in [-0.39, 0.29) is 24.3 Å². The number of benzene rings is 2. The lowest BCUT2D eigenvalue weighted by Crippen LogP contribution is -2.57. The number of sulfone groups is 1. The molecule has 2 aromatic carbocycles. The average Bonchev–Trinajstić information content (AvgIpc) is 2.80. The molecule has 1 fully saturated rings. The van der Waals surface area contributed by atoms with Crippen LogP contribution in [0.2, 0.25) is 0 Å². The minimum Gasteiger partial charge on any atom is -0.481 e. The van der Waals surface area contributed by atoms with Crippen molar-refractivity contribution in [2.75, 3.05) is 19.7 Å². The maximum atomic E-state index is 13.6. The Hall–Kier alpha value is -2.86. The maximum absolute atomic E-state index is 13.6. The van der Waals surface area contributed by atoms with Crippen molar-refractivity contribution in [2.45, 2.75) is 36.0 Å². The van der Waals surface area contributed by atoms with E-state index in [1.807, 2.05) is 30.3 Å². The van der Waals surface area contributed by atoms with Crippen molar-refractivity contribution in [1.82, 2.24) is 10.4 Å². The van der Waals surface area contributed by atoms with E-state index in [2.05, 4.69) is 16.7 Å². The van der Waals surface area contributed by atoms with Crippen LogP contribution in [0.25, 0.3) is 0 Å². The van der Waals surface area contributed by atoms with Gasteiger partial charge in [-0.15, -0.1) is 5.92 Å². The van der Waals surface area contributed by atoms with Crippen LogP contribution in [0.15, 0.2) is 59.5 Å². The second kappa shape index (κ2) is 9.96. The molecule has 2 aromatic rings. The highest BCUT2D eigenvalue weighted by molar-refractivity contribution is 7.93. The molecule has 7 nitrogen and oxygen atoms in total. The van der Waals surface area contributed by atoms with Crippen molar-refractivity contribution in [2.24, 2.45) is 0 Å². The van der Waals surface area contributed by atoms with E-state index < -0.39 is 20.5 Å². The van der Waals surface area contributed by atoms with Gasteiger partial charge in [0, 0.05) is 19.6 Å². The predicted molar refractivity (Wildman–Crippen MR) is 116 cm³/mol. The number of carbonyl (C=O) groups is 1. The predicted octanol–water partition coefficient (Wildman–Crippen LogP) is 2.40. The van der Waals surface area contributed by atoms with Crippen LogP contribution in [-0.2, 0) is 21.2 Å². The van der Waals surface area contributed by atoms with Gasteiger partial charge in [0.15, 0.2) is 14.6 Å². The molecule has 1 amide bonds. The van der Waals surface area contributed by atoms with Gasteiger partial charge >= 0.3 is 0 Å². The van der Waals surface area contributed by atoms with Gasteiger partial charge in [-0.2, -0.15) is 0 Å². The average molecular weight is 443 g/mol. The first kappa shape index (κ1) is 22.8. The third-order valence-corrected chi connectivity index (χ3v) is 8.04. The van der Waals surface area contributed by atoms with Crippen molar-refractivity contribution in [3.63, 3.8) is 0 Å². The van der Waals surface area contributed by atoms with E-state index in [0.717, 1.165) is 5.56 Å². The van der Waals surface area contributed by atoms with Crippen molar-refractivity contribution in [3.8, 4) is 17.6 Å². The fraction of sp³-hybridized carbons (Fsp3) is 0.348. The first-order valence-corrected chi connectivity index (χ1v) is 11.5. The molecular formula is C23H26N2O5S. The van der Waals surface area contributed by atoms with E-state index in [1.165, 1.54) is 12.1 Å². The Morgan fingerprint density at radius 3 is 2.52 bits per heavy atom. The summed E-state index contributed by atoms with van der Waals surface area (Å²) in [6, 6.07) is 15.9. The van der Waals surface area contributed by atoms with Crippen LogP contribution in [0.1, 0.15) is 25.3 Å². The van der Waals surface area contributed by atoms with Crippen LogP contribution < -0.4 is 10.2 Å². The van der Waals surface area contributed by atoms with Crippen LogP contribution >= 0.6 is 0 Å². The topological polar surface area (TPSA) is 95.9 Å². The van der Waals surface area contributed by atoms with Gasteiger partial charge in [-0.25, -0.2) is 13.9 Å². The molecule has 1 heterocycles. The molecule has 3 rings (SSSR count). The molecule has 164 valence electrons. The Bertz CT molecular complexity index is 1070. The highest BCUT2D eigenvalue weighted by atomic mass is 32.2. The summed E-state index contributed by atoms with van der Waals surface area (Å²) in [6.07, 6.45) is 0.141. The first-order valence-electron chi connectivity index (χ1n) is 10.0. The van der Waals surface area contributed by atoms with E-state index in [4.69, 9.17) is 4.74 Å². The molecule has 0 aliphatic carbocycles. The number of hydrogen-bond donors (Lipinski definition) is 2. The van der Waals surface area contributed by atoms with Crippen LogP contribution in [0, 0.1) is 11.8 Å². The van der Waals surface area contributed by atoms with Crippen LogP contribution in [0.5, 0.6) is 5.75 Å². The number of piperidine rings is 1. The standard InChI is InChI=1S/C23H26N2O5S/c1-2-3-16-30-20-10-7-11-21(17-20)31(28,29)23(22(26)24-27)12-14-25(15-13-23)18-19-8-5-4-6-9-19/h4-11,17,27H,12-16,18H2,1H3,(H,24,26). The second-order valence-corrected chi connectivity index (χ2v) is 9.65. The largest absolute Gasteiger partial charge is 0.481 e. The summed E-state index contributed by atoms with van der Waals surface area (Å²) in [7, 11) is -4.10. The van der Waals surface area contributed by atoms with Gasteiger partial charge in [0.2, 0.25) is 0 Å². The van der Waals surface area contributed by atoms with Crippen LogP contribution in [-0.4, -0.2) is 48.9 Å². The summed E-state index contributed by atoms with van der Waals surface area (Å²) in [5.41, 5.74) is 2.70. The minimum atomic E-state index is -4.10. The molecule has 1 aliphatic rings. The molecule has 31 heavy (non-hydrogen) atoms. The first-order chi connectivity index (χ1) is 14.9. The van der Waals surface area contributed by atoms with Gasteiger partial charge in [-0.1, -0.05) is 42.3 Å². The van der Waals surface area contributed by atoms with Gasteiger partial charge in [0.1, 0.15) is 12.4 Å². The Balaban J connectivity index is 1.84. The van der Waals surface area contributed by atoms with Gasteiger partial charge in [0.25, 0.3) is 5.91 Å². The summed E-state index contributed by atoms with van der Waals surface area (Å²) in [5, 5.41) is 9.34. The number of nitrogens with one attached hydrogen (secondary N) is 1. The van der Waals surface area contributed by atoms with Gasteiger partial charge in [-0.3, -0.25) is 14.9 Å². The third kappa shape index (κ3) is 4.90. The fourth-order valence-corrected chi connectivity index (χ4v) is 5.77. The van der Waals surface area contributed by atoms with Crippen molar-refractivity contribution in [1.29, 1.82) is 0 Å². The number of amides is 1. The number of hydroxylamine groups is 1. The lowest BCUT2D eigenvalue weighted by molar-refractivity contribution is -0.133. The Morgan fingerprint density at radius 1 is 1.16 bits per heavy atom. The minimum absolute atomic E-state index is 0.0189. The fourth-order valence-electron chi connectivity index (χ4n) is 3.78.